The van der Waals surface area contributed by atoms with Gasteiger partial charge in [-0.25, -0.2) is 0 Å². The summed E-state index contributed by atoms with van der Waals surface area (Å²) in [5.74, 6) is -0.782. The standard InChI is InChI=1S/C11H17NO3/c1-4-10(11(13)14)12(3)8(2)9-5-6-15-7-9/h5-8,10H,4H2,1-3H3,(H,13,14). The fourth-order valence-electron chi connectivity index (χ4n) is 1.65. The highest BCUT2D eigenvalue weighted by Crippen LogP contribution is 2.22. The summed E-state index contributed by atoms with van der Waals surface area (Å²) in [5.41, 5.74) is 0.997. The first-order valence-corrected chi connectivity index (χ1v) is 5.04. The van der Waals surface area contributed by atoms with Crippen molar-refractivity contribution in [2.45, 2.75) is 32.4 Å². The van der Waals surface area contributed by atoms with Gasteiger partial charge in [0.05, 0.1) is 12.5 Å². The highest BCUT2D eigenvalue weighted by atomic mass is 16.4. The van der Waals surface area contributed by atoms with Crippen LogP contribution in [0, 0.1) is 0 Å². The van der Waals surface area contributed by atoms with Gasteiger partial charge in [0.1, 0.15) is 6.04 Å². The van der Waals surface area contributed by atoms with E-state index in [1.165, 1.54) is 0 Å². The number of hydrogen-bond acceptors (Lipinski definition) is 3. The third-order valence-corrected chi connectivity index (χ3v) is 2.80. The molecule has 0 aliphatic rings. The summed E-state index contributed by atoms with van der Waals surface area (Å²) in [5, 5.41) is 9.02. The lowest BCUT2D eigenvalue weighted by molar-refractivity contribution is -0.143. The number of carbonyl (C=O) groups is 1. The van der Waals surface area contributed by atoms with E-state index in [-0.39, 0.29) is 6.04 Å². The molecule has 0 bridgehead atoms. The Kier molecular flexibility index (Phi) is 3.91. The zero-order chi connectivity index (χ0) is 11.4. The van der Waals surface area contributed by atoms with Gasteiger partial charge >= 0.3 is 5.97 Å². The van der Waals surface area contributed by atoms with Crippen molar-refractivity contribution in [2.75, 3.05) is 7.05 Å². The molecule has 1 aromatic heterocycles. The van der Waals surface area contributed by atoms with Crippen LogP contribution in [0.5, 0.6) is 0 Å². The molecular formula is C11H17NO3. The SMILES string of the molecule is CCC(C(=O)O)N(C)C(C)c1ccoc1. The largest absolute Gasteiger partial charge is 0.480 e. The molecule has 0 spiro atoms. The second-order valence-electron chi connectivity index (χ2n) is 3.66. The molecule has 84 valence electrons. The number of aliphatic carboxylic acids is 1. The van der Waals surface area contributed by atoms with Gasteiger partial charge in [-0.3, -0.25) is 9.69 Å². The summed E-state index contributed by atoms with van der Waals surface area (Å²) in [4.78, 5) is 12.8. The Bertz CT molecular complexity index is 308. The highest BCUT2D eigenvalue weighted by molar-refractivity contribution is 5.73. The molecule has 1 rings (SSSR count). The average Bonchev–Trinajstić information content (AvgIpc) is 2.69. The molecule has 15 heavy (non-hydrogen) atoms. The van der Waals surface area contributed by atoms with Crippen LogP contribution in [-0.2, 0) is 4.79 Å². The molecule has 0 aromatic carbocycles. The topological polar surface area (TPSA) is 53.7 Å². The van der Waals surface area contributed by atoms with Gasteiger partial charge in [0.25, 0.3) is 0 Å². The summed E-state index contributed by atoms with van der Waals surface area (Å²) in [7, 11) is 1.82. The number of nitrogens with zero attached hydrogens (tertiary/aromatic N) is 1. The molecule has 4 nitrogen and oxygen atoms in total. The van der Waals surface area contributed by atoms with Crippen molar-refractivity contribution in [3.05, 3.63) is 24.2 Å². The number of carboxylic acids is 1. The lowest BCUT2D eigenvalue weighted by Gasteiger charge is -2.29. The van der Waals surface area contributed by atoms with E-state index in [9.17, 15) is 4.79 Å². The van der Waals surface area contributed by atoms with E-state index in [0.29, 0.717) is 6.42 Å². The summed E-state index contributed by atoms with van der Waals surface area (Å²) in [6.07, 6.45) is 3.84. The third-order valence-electron chi connectivity index (χ3n) is 2.80. The van der Waals surface area contributed by atoms with E-state index < -0.39 is 12.0 Å². The lowest BCUT2D eigenvalue weighted by atomic mass is 10.1. The van der Waals surface area contributed by atoms with Crippen molar-refractivity contribution in [1.29, 1.82) is 0 Å². The second-order valence-corrected chi connectivity index (χ2v) is 3.66. The Hall–Kier alpha value is -1.29. The van der Waals surface area contributed by atoms with Gasteiger partial charge in [-0.05, 0) is 26.5 Å². The maximum absolute atomic E-state index is 11.0. The smallest absolute Gasteiger partial charge is 0.320 e. The zero-order valence-electron chi connectivity index (χ0n) is 9.30. The van der Waals surface area contributed by atoms with Crippen molar-refractivity contribution < 1.29 is 14.3 Å². The Morgan fingerprint density at radius 3 is 2.73 bits per heavy atom. The Balaban J connectivity index is 2.75. The lowest BCUT2D eigenvalue weighted by Crippen LogP contribution is -2.39. The molecule has 0 saturated heterocycles. The van der Waals surface area contributed by atoms with Crippen LogP contribution in [0.1, 0.15) is 31.9 Å². The van der Waals surface area contributed by atoms with Crippen molar-refractivity contribution in [1.82, 2.24) is 4.90 Å². The molecule has 0 amide bonds. The van der Waals surface area contributed by atoms with Gasteiger partial charge in [0.15, 0.2) is 0 Å². The number of likely N-dealkylation sites (N-methyl/N-ethyl adjacent to an activating group) is 1. The van der Waals surface area contributed by atoms with Crippen molar-refractivity contribution in [3.8, 4) is 0 Å². The van der Waals surface area contributed by atoms with Gasteiger partial charge < -0.3 is 9.52 Å². The molecule has 1 aromatic rings. The molecule has 4 heteroatoms. The van der Waals surface area contributed by atoms with Crippen LogP contribution in [-0.4, -0.2) is 29.1 Å². The monoisotopic (exact) mass is 211 g/mol. The van der Waals surface area contributed by atoms with Crippen molar-refractivity contribution >= 4 is 5.97 Å². The molecule has 1 heterocycles. The van der Waals surface area contributed by atoms with Crippen LogP contribution < -0.4 is 0 Å². The fourth-order valence-corrected chi connectivity index (χ4v) is 1.65. The quantitative estimate of drug-likeness (QED) is 0.810. The molecule has 0 radical (unpaired) electrons. The Morgan fingerprint density at radius 1 is 1.67 bits per heavy atom. The maximum Gasteiger partial charge on any atom is 0.320 e. The minimum atomic E-state index is -0.782. The van der Waals surface area contributed by atoms with Gasteiger partial charge in [-0.2, -0.15) is 0 Å². The van der Waals surface area contributed by atoms with Crippen molar-refractivity contribution in [2.24, 2.45) is 0 Å². The van der Waals surface area contributed by atoms with Crippen LogP contribution >= 0.6 is 0 Å². The number of rotatable bonds is 5. The molecule has 2 atom stereocenters. The minimum absolute atomic E-state index is 0.0461. The average molecular weight is 211 g/mol. The Morgan fingerprint density at radius 2 is 2.33 bits per heavy atom. The minimum Gasteiger partial charge on any atom is -0.480 e. The number of carboxylic acid groups (broad SMARTS) is 1. The highest BCUT2D eigenvalue weighted by Gasteiger charge is 2.25. The van der Waals surface area contributed by atoms with Gasteiger partial charge in [-0.1, -0.05) is 6.92 Å². The third kappa shape index (κ3) is 2.59. The molecule has 0 fully saturated rings. The van der Waals surface area contributed by atoms with Gasteiger partial charge in [-0.15, -0.1) is 0 Å². The van der Waals surface area contributed by atoms with E-state index in [4.69, 9.17) is 9.52 Å². The van der Waals surface area contributed by atoms with E-state index in [1.54, 1.807) is 12.5 Å². The number of hydrogen-bond donors (Lipinski definition) is 1. The molecule has 0 aliphatic heterocycles. The van der Waals surface area contributed by atoms with E-state index in [1.807, 2.05) is 31.9 Å². The molecule has 0 saturated carbocycles. The predicted molar refractivity (Wildman–Crippen MR) is 56.6 cm³/mol. The van der Waals surface area contributed by atoms with Gasteiger partial charge in [0, 0.05) is 11.6 Å². The van der Waals surface area contributed by atoms with E-state index >= 15 is 0 Å². The molecule has 1 N–H and O–H groups in total. The van der Waals surface area contributed by atoms with Crippen LogP contribution in [0.2, 0.25) is 0 Å². The van der Waals surface area contributed by atoms with E-state index in [0.717, 1.165) is 5.56 Å². The predicted octanol–water partition coefficient (Wildman–Crippen LogP) is 2.14. The van der Waals surface area contributed by atoms with Crippen LogP contribution in [0.15, 0.2) is 23.0 Å². The fraction of sp³-hybridized carbons (Fsp3) is 0.545. The summed E-state index contributed by atoms with van der Waals surface area (Å²) in [6, 6.07) is 1.45. The Labute approximate surface area is 89.5 Å². The van der Waals surface area contributed by atoms with Crippen LogP contribution in [0.3, 0.4) is 0 Å². The normalized spacial score (nSPS) is 15.2. The molecule has 0 aliphatic carbocycles. The summed E-state index contributed by atoms with van der Waals surface area (Å²) < 4.78 is 4.99. The first-order chi connectivity index (χ1) is 7.07. The van der Waals surface area contributed by atoms with Gasteiger partial charge in [0.2, 0.25) is 0 Å². The van der Waals surface area contributed by atoms with Crippen molar-refractivity contribution in [3.63, 3.8) is 0 Å². The first-order valence-electron chi connectivity index (χ1n) is 5.04. The van der Waals surface area contributed by atoms with Crippen LogP contribution in [0.4, 0.5) is 0 Å². The molecular weight excluding hydrogens is 194 g/mol. The van der Waals surface area contributed by atoms with E-state index in [2.05, 4.69) is 0 Å². The summed E-state index contributed by atoms with van der Waals surface area (Å²) >= 11 is 0. The first kappa shape index (κ1) is 11.8. The maximum atomic E-state index is 11.0. The molecule has 2 unspecified atom stereocenters. The second kappa shape index (κ2) is 4.98. The van der Waals surface area contributed by atoms with Crippen LogP contribution in [0.25, 0.3) is 0 Å². The number of furan rings is 1. The zero-order valence-corrected chi connectivity index (χ0v) is 9.30. The summed E-state index contributed by atoms with van der Waals surface area (Å²) in [6.45, 7) is 3.84.